The maximum absolute atomic E-state index is 12.9. The zero-order chi connectivity index (χ0) is 20.7. The number of unbranched alkanes of at least 4 members (excludes halogenated alkanes) is 2. The monoisotopic (exact) mass is 426 g/mol. The number of sulfonamides is 1. The molecule has 0 amide bonds. The molecule has 0 unspecified atom stereocenters. The van der Waals surface area contributed by atoms with Crippen molar-refractivity contribution >= 4 is 10.0 Å². The molecule has 0 N–H and O–H groups in total. The Morgan fingerprint density at radius 1 is 1.14 bits per heavy atom. The average Bonchev–Trinajstić information content (AvgIpc) is 3.15. The number of hydrogen-bond donors (Lipinski definition) is 0. The second-order valence-corrected chi connectivity index (χ2v) is 9.13. The molecule has 1 aromatic carbocycles. The highest BCUT2D eigenvalue weighted by Gasteiger charge is 2.27. The van der Waals surface area contributed by atoms with Crippen LogP contribution in [0.25, 0.3) is 0 Å². The van der Waals surface area contributed by atoms with Gasteiger partial charge in [0.05, 0.1) is 12.3 Å². The van der Waals surface area contributed by atoms with E-state index in [1.54, 1.807) is 4.31 Å². The van der Waals surface area contributed by atoms with Gasteiger partial charge < -0.3 is 9.26 Å². The molecule has 0 saturated carbocycles. The molecule has 0 bridgehead atoms. The molecule has 2 heterocycles. The molecule has 10 heteroatoms. The van der Waals surface area contributed by atoms with E-state index in [1.165, 1.54) is 24.3 Å². The summed E-state index contributed by atoms with van der Waals surface area (Å²) < 4.78 is 50.0. The number of halogens is 1. The Morgan fingerprint density at radius 3 is 2.55 bits per heavy atom. The van der Waals surface area contributed by atoms with Gasteiger partial charge in [-0.1, -0.05) is 24.9 Å². The van der Waals surface area contributed by atoms with Gasteiger partial charge in [-0.3, -0.25) is 4.90 Å². The van der Waals surface area contributed by atoms with Crippen molar-refractivity contribution in [3.8, 4) is 5.75 Å². The Bertz CT molecular complexity index is 865. The predicted molar refractivity (Wildman–Crippen MR) is 105 cm³/mol. The highest BCUT2D eigenvalue weighted by Crippen LogP contribution is 2.14. The Balaban J connectivity index is 1.43. The first-order valence-corrected chi connectivity index (χ1v) is 11.5. The third-order valence-electron chi connectivity index (χ3n) is 4.78. The SMILES string of the molecule is CCCCCS(=O)(=O)N1CCN(Cc2nc(COc3ccc(F)cc3)no2)CC1. The van der Waals surface area contributed by atoms with Crippen molar-refractivity contribution in [1.82, 2.24) is 19.3 Å². The Kier molecular flexibility index (Phi) is 7.57. The number of hydrogen-bond acceptors (Lipinski definition) is 7. The topological polar surface area (TPSA) is 88.8 Å². The van der Waals surface area contributed by atoms with E-state index >= 15 is 0 Å². The normalized spacial score (nSPS) is 16.2. The molecular weight excluding hydrogens is 399 g/mol. The third kappa shape index (κ3) is 6.48. The largest absolute Gasteiger partial charge is 0.485 e. The molecule has 0 atom stereocenters. The zero-order valence-electron chi connectivity index (χ0n) is 16.6. The Labute approximate surface area is 170 Å². The summed E-state index contributed by atoms with van der Waals surface area (Å²) in [4.78, 5) is 6.40. The fourth-order valence-corrected chi connectivity index (χ4v) is 4.66. The van der Waals surface area contributed by atoms with Crippen molar-refractivity contribution in [3.63, 3.8) is 0 Å². The van der Waals surface area contributed by atoms with Gasteiger partial charge in [-0.05, 0) is 30.7 Å². The first-order chi connectivity index (χ1) is 14.0. The van der Waals surface area contributed by atoms with E-state index in [4.69, 9.17) is 9.26 Å². The van der Waals surface area contributed by atoms with Crippen molar-refractivity contribution in [2.75, 3.05) is 31.9 Å². The summed E-state index contributed by atoms with van der Waals surface area (Å²) in [5.74, 6) is 1.28. The number of nitrogens with zero attached hydrogens (tertiary/aromatic N) is 4. The van der Waals surface area contributed by atoms with Gasteiger partial charge in [0, 0.05) is 26.2 Å². The van der Waals surface area contributed by atoms with Crippen LogP contribution in [-0.2, 0) is 23.2 Å². The lowest BCUT2D eigenvalue weighted by Crippen LogP contribution is -2.48. The molecule has 1 fully saturated rings. The van der Waals surface area contributed by atoms with E-state index in [2.05, 4.69) is 22.0 Å². The van der Waals surface area contributed by atoms with E-state index in [9.17, 15) is 12.8 Å². The molecule has 2 aromatic rings. The van der Waals surface area contributed by atoms with Crippen molar-refractivity contribution in [1.29, 1.82) is 0 Å². The average molecular weight is 427 g/mol. The van der Waals surface area contributed by atoms with Crippen LogP contribution in [0.2, 0.25) is 0 Å². The summed E-state index contributed by atoms with van der Waals surface area (Å²) in [6.07, 6.45) is 2.65. The summed E-state index contributed by atoms with van der Waals surface area (Å²) in [7, 11) is -3.17. The fourth-order valence-electron chi connectivity index (χ4n) is 3.11. The summed E-state index contributed by atoms with van der Waals surface area (Å²) >= 11 is 0. The predicted octanol–water partition coefficient (Wildman–Crippen LogP) is 2.43. The van der Waals surface area contributed by atoms with Gasteiger partial charge >= 0.3 is 0 Å². The highest BCUT2D eigenvalue weighted by molar-refractivity contribution is 7.89. The summed E-state index contributed by atoms with van der Waals surface area (Å²) in [6, 6.07) is 5.71. The third-order valence-corrected chi connectivity index (χ3v) is 6.74. The second-order valence-electron chi connectivity index (χ2n) is 7.05. The number of piperazine rings is 1. The zero-order valence-corrected chi connectivity index (χ0v) is 17.4. The van der Waals surface area contributed by atoms with Crippen LogP contribution >= 0.6 is 0 Å². The van der Waals surface area contributed by atoms with Crippen LogP contribution in [0, 0.1) is 5.82 Å². The maximum Gasteiger partial charge on any atom is 0.240 e. The van der Waals surface area contributed by atoms with Gasteiger partial charge in [-0.25, -0.2) is 12.8 Å². The first-order valence-electron chi connectivity index (χ1n) is 9.86. The van der Waals surface area contributed by atoms with Gasteiger partial charge in [0.25, 0.3) is 0 Å². The quantitative estimate of drug-likeness (QED) is 0.539. The first kappa shape index (κ1) is 21.7. The minimum atomic E-state index is -3.17. The van der Waals surface area contributed by atoms with Crippen molar-refractivity contribution < 1.29 is 22.1 Å². The smallest absolute Gasteiger partial charge is 0.240 e. The van der Waals surface area contributed by atoms with Crippen LogP contribution in [0.15, 0.2) is 28.8 Å². The van der Waals surface area contributed by atoms with E-state index in [0.717, 1.165) is 12.8 Å². The number of ether oxygens (including phenoxy) is 1. The molecule has 0 spiro atoms. The van der Waals surface area contributed by atoms with E-state index in [0.29, 0.717) is 56.6 Å². The molecule has 1 saturated heterocycles. The van der Waals surface area contributed by atoms with Crippen molar-refractivity contribution in [3.05, 3.63) is 41.8 Å². The van der Waals surface area contributed by atoms with Gasteiger partial charge in [0.2, 0.25) is 21.7 Å². The number of benzene rings is 1. The van der Waals surface area contributed by atoms with Gasteiger partial charge in [0.15, 0.2) is 6.61 Å². The number of aromatic nitrogens is 2. The Hall–Kier alpha value is -2.04. The summed E-state index contributed by atoms with van der Waals surface area (Å²) in [5, 5.41) is 3.89. The Morgan fingerprint density at radius 2 is 1.86 bits per heavy atom. The number of rotatable bonds is 10. The molecule has 29 heavy (non-hydrogen) atoms. The minimum Gasteiger partial charge on any atom is -0.485 e. The fraction of sp³-hybridized carbons (Fsp3) is 0.579. The molecule has 1 aliphatic heterocycles. The molecule has 1 aliphatic rings. The van der Waals surface area contributed by atoms with Crippen LogP contribution in [0.4, 0.5) is 4.39 Å². The van der Waals surface area contributed by atoms with E-state index in [-0.39, 0.29) is 18.2 Å². The van der Waals surface area contributed by atoms with Crippen LogP contribution < -0.4 is 4.74 Å². The summed E-state index contributed by atoms with van der Waals surface area (Å²) in [5.41, 5.74) is 0. The van der Waals surface area contributed by atoms with Crippen LogP contribution in [0.5, 0.6) is 5.75 Å². The van der Waals surface area contributed by atoms with E-state index < -0.39 is 10.0 Å². The molecule has 1 aromatic heterocycles. The lowest BCUT2D eigenvalue weighted by atomic mass is 10.3. The molecule has 0 radical (unpaired) electrons. The minimum absolute atomic E-state index is 0.124. The lowest BCUT2D eigenvalue weighted by molar-refractivity contribution is 0.163. The van der Waals surface area contributed by atoms with Gasteiger partial charge in [-0.2, -0.15) is 9.29 Å². The lowest BCUT2D eigenvalue weighted by Gasteiger charge is -2.33. The standard InChI is InChI=1S/C19H27FN4O4S/c1-2-3-4-13-29(25,26)24-11-9-23(10-12-24)14-19-21-18(22-28-19)15-27-17-7-5-16(20)6-8-17/h5-8H,2-4,9-15H2,1H3. The molecular formula is C19H27FN4O4S. The van der Waals surface area contributed by atoms with Gasteiger partial charge in [-0.15, -0.1) is 0 Å². The molecule has 8 nitrogen and oxygen atoms in total. The maximum atomic E-state index is 12.9. The van der Waals surface area contributed by atoms with Crippen molar-refractivity contribution in [2.24, 2.45) is 0 Å². The van der Waals surface area contributed by atoms with Crippen LogP contribution in [-0.4, -0.2) is 59.7 Å². The van der Waals surface area contributed by atoms with Crippen molar-refractivity contribution in [2.45, 2.75) is 39.3 Å². The molecule has 3 rings (SSSR count). The van der Waals surface area contributed by atoms with Gasteiger partial charge in [0.1, 0.15) is 11.6 Å². The van der Waals surface area contributed by atoms with E-state index in [1.807, 2.05) is 0 Å². The van der Waals surface area contributed by atoms with Crippen LogP contribution in [0.1, 0.15) is 37.9 Å². The molecule has 0 aliphatic carbocycles. The second kappa shape index (κ2) is 10.1. The van der Waals surface area contributed by atoms with Crippen LogP contribution in [0.3, 0.4) is 0 Å². The summed E-state index contributed by atoms with van der Waals surface area (Å²) in [6.45, 7) is 4.84. The molecule has 160 valence electrons. The highest BCUT2D eigenvalue weighted by atomic mass is 32.2.